The quantitative estimate of drug-likeness (QED) is 0.790. The van der Waals surface area contributed by atoms with E-state index in [9.17, 15) is 4.79 Å². The van der Waals surface area contributed by atoms with Crippen LogP contribution in [-0.4, -0.2) is 64.4 Å². The van der Waals surface area contributed by atoms with Crippen LogP contribution in [0.3, 0.4) is 0 Å². The molecule has 1 N–H and O–H groups in total. The van der Waals surface area contributed by atoms with Crippen molar-refractivity contribution in [1.29, 1.82) is 0 Å². The lowest BCUT2D eigenvalue weighted by Gasteiger charge is -2.38. The van der Waals surface area contributed by atoms with E-state index in [1.165, 1.54) is 0 Å². The van der Waals surface area contributed by atoms with E-state index in [1.54, 1.807) is 14.2 Å². The van der Waals surface area contributed by atoms with Gasteiger partial charge in [-0.2, -0.15) is 0 Å². The lowest BCUT2D eigenvalue weighted by Crippen LogP contribution is -2.51. The largest absolute Gasteiger partial charge is 0.384 e. The summed E-state index contributed by atoms with van der Waals surface area (Å²) < 4.78 is 10.5. The SMILES string of the molecule is COCC1CCN(C(=O)C2(COC)CCNCC2)C1. The van der Waals surface area contributed by atoms with Crippen molar-refractivity contribution in [2.45, 2.75) is 19.3 Å². The van der Waals surface area contributed by atoms with Crippen molar-refractivity contribution in [3.63, 3.8) is 0 Å². The van der Waals surface area contributed by atoms with Crippen LogP contribution in [-0.2, 0) is 14.3 Å². The number of ether oxygens (including phenoxy) is 2. The fourth-order valence-electron chi connectivity index (χ4n) is 3.33. The number of nitrogens with zero attached hydrogens (tertiary/aromatic N) is 1. The molecule has 5 nitrogen and oxygen atoms in total. The molecule has 1 amide bonds. The molecule has 2 fully saturated rings. The van der Waals surface area contributed by atoms with E-state index >= 15 is 0 Å². The third-order valence-electron chi connectivity index (χ3n) is 4.41. The van der Waals surface area contributed by atoms with Gasteiger partial charge in [0.1, 0.15) is 0 Å². The molecule has 5 heteroatoms. The number of hydrogen-bond donors (Lipinski definition) is 1. The third kappa shape index (κ3) is 3.27. The van der Waals surface area contributed by atoms with Crippen molar-refractivity contribution < 1.29 is 14.3 Å². The molecule has 0 bridgehead atoms. The Bertz CT molecular complexity index is 298. The minimum Gasteiger partial charge on any atom is -0.384 e. The molecule has 19 heavy (non-hydrogen) atoms. The van der Waals surface area contributed by atoms with Gasteiger partial charge in [0, 0.05) is 33.2 Å². The maximum absolute atomic E-state index is 12.8. The Morgan fingerprint density at radius 1 is 1.32 bits per heavy atom. The van der Waals surface area contributed by atoms with Crippen molar-refractivity contribution in [2.75, 3.05) is 53.6 Å². The van der Waals surface area contributed by atoms with Crippen molar-refractivity contribution in [2.24, 2.45) is 11.3 Å². The highest BCUT2D eigenvalue weighted by Gasteiger charge is 2.43. The van der Waals surface area contributed by atoms with Crippen LogP contribution in [0.2, 0.25) is 0 Å². The fraction of sp³-hybridized carbons (Fsp3) is 0.929. The zero-order valence-corrected chi connectivity index (χ0v) is 12.1. The summed E-state index contributed by atoms with van der Waals surface area (Å²) in [6.45, 7) is 4.81. The minimum absolute atomic E-state index is 0.287. The number of amides is 1. The van der Waals surface area contributed by atoms with Gasteiger partial charge in [-0.15, -0.1) is 0 Å². The van der Waals surface area contributed by atoms with E-state index in [-0.39, 0.29) is 11.3 Å². The van der Waals surface area contributed by atoms with Gasteiger partial charge in [-0.05, 0) is 32.4 Å². The molecule has 0 spiro atoms. The molecule has 0 aromatic carbocycles. The predicted octanol–water partition coefficient (Wildman–Crippen LogP) is 0.498. The van der Waals surface area contributed by atoms with E-state index in [1.807, 2.05) is 4.90 Å². The van der Waals surface area contributed by atoms with Crippen molar-refractivity contribution in [1.82, 2.24) is 10.2 Å². The van der Waals surface area contributed by atoms with E-state index in [4.69, 9.17) is 9.47 Å². The first-order chi connectivity index (χ1) is 9.22. The van der Waals surface area contributed by atoms with Gasteiger partial charge in [-0.3, -0.25) is 4.79 Å². The highest BCUT2D eigenvalue weighted by molar-refractivity contribution is 5.83. The monoisotopic (exact) mass is 270 g/mol. The maximum Gasteiger partial charge on any atom is 0.231 e. The molecule has 1 atom stereocenters. The molecule has 2 aliphatic rings. The topological polar surface area (TPSA) is 50.8 Å². The second-order valence-electron chi connectivity index (χ2n) is 5.82. The van der Waals surface area contributed by atoms with Crippen molar-refractivity contribution in [3.8, 4) is 0 Å². The van der Waals surface area contributed by atoms with Gasteiger partial charge < -0.3 is 19.7 Å². The van der Waals surface area contributed by atoms with Crippen LogP contribution in [0.1, 0.15) is 19.3 Å². The molecular formula is C14H26N2O3. The molecule has 2 rings (SSSR count). The van der Waals surface area contributed by atoms with Gasteiger partial charge in [0.25, 0.3) is 0 Å². The molecule has 0 saturated carbocycles. The average molecular weight is 270 g/mol. The number of piperidine rings is 1. The summed E-state index contributed by atoms with van der Waals surface area (Å²) >= 11 is 0. The number of methoxy groups -OCH3 is 2. The lowest BCUT2D eigenvalue weighted by molar-refractivity contribution is -0.146. The zero-order chi connectivity index (χ0) is 13.7. The smallest absolute Gasteiger partial charge is 0.231 e. The Labute approximate surface area is 115 Å². The molecule has 0 aromatic rings. The number of likely N-dealkylation sites (tertiary alicyclic amines) is 1. The highest BCUT2D eigenvalue weighted by Crippen LogP contribution is 2.33. The first-order valence-corrected chi connectivity index (χ1v) is 7.20. The minimum atomic E-state index is -0.304. The van der Waals surface area contributed by atoms with Gasteiger partial charge >= 0.3 is 0 Å². The maximum atomic E-state index is 12.8. The molecule has 110 valence electrons. The summed E-state index contributed by atoms with van der Waals surface area (Å²) in [6.07, 6.45) is 2.82. The standard InChI is InChI=1S/C14H26N2O3/c1-18-10-12-3-8-16(9-12)13(17)14(11-19-2)4-6-15-7-5-14/h12,15H,3-11H2,1-2H3. The predicted molar refractivity (Wildman–Crippen MR) is 73.0 cm³/mol. The van der Waals surface area contributed by atoms with E-state index in [2.05, 4.69) is 5.32 Å². The van der Waals surface area contributed by atoms with E-state index < -0.39 is 0 Å². The van der Waals surface area contributed by atoms with Crippen LogP contribution < -0.4 is 5.32 Å². The van der Waals surface area contributed by atoms with Crippen molar-refractivity contribution in [3.05, 3.63) is 0 Å². The second-order valence-corrected chi connectivity index (χ2v) is 5.82. The highest BCUT2D eigenvalue weighted by atomic mass is 16.5. The normalized spacial score (nSPS) is 26.6. The molecule has 0 aliphatic carbocycles. The zero-order valence-electron chi connectivity index (χ0n) is 12.1. The number of nitrogens with one attached hydrogen (secondary N) is 1. The summed E-state index contributed by atoms with van der Waals surface area (Å²) in [6, 6.07) is 0. The van der Waals surface area contributed by atoms with Gasteiger partial charge in [0.2, 0.25) is 5.91 Å². The Balaban J connectivity index is 1.99. The molecule has 0 radical (unpaired) electrons. The van der Waals surface area contributed by atoms with Gasteiger partial charge in [0.15, 0.2) is 0 Å². The summed E-state index contributed by atoms with van der Waals surface area (Å²) in [5, 5.41) is 3.33. The van der Waals surface area contributed by atoms with E-state index in [0.717, 1.165) is 52.0 Å². The van der Waals surface area contributed by atoms with Crippen LogP contribution in [0.5, 0.6) is 0 Å². The Hall–Kier alpha value is -0.650. The van der Waals surface area contributed by atoms with Crippen LogP contribution in [0.15, 0.2) is 0 Å². The molecule has 2 saturated heterocycles. The number of rotatable bonds is 5. The van der Waals surface area contributed by atoms with Crippen LogP contribution in [0.25, 0.3) is 0 Å². The van der Waals surface area contributed by atoms with Crippen LogP contribution in [0, 0.1) is 11.3 Å². The first-order valence-electron chi connectivity index (χ1n) is 7.20. The van der Waals surface area contributed by atoms with Gasteiger partial charge in [-0.25, -0.2) is 0 Å². The van der Waals surface area contributed by atoms with E-state index in [0.29, 0.717) is 12.5 Å². The molecule has 2 aliphatic heterocycles. The summed E-state index contributed by atoms with van der Waals surface area (Å²) in [5.74, 6) is 0.782. The summed E-state index contributed by atoms with van der Waals surface area (Å²) in [5.41, 5.74) is -0.304. The molecule has 2 heterocycles. The van der Waals surface area contributed by atoms with Crippen LogP contribution in [0.4, 0.5) is 0 Å². The molecule has 1 unspecified atom stereocenters. The Morgan fingerprint density at radius 3 is 2.68 bits per heavy atom. The molecule has 0 aromatic heterocycles. The number of carbonyl (C=O) groups is 1. The van der Waals surface area contributed by atoms with Gasteiger partial charge in [-0.1, -0.05) is 0 Å². The van der Waals surface area contributed by atoms with Crippen LogP contribution >= 0.6 is 0 Å². The van der Waals surface area contributed by atoms with Crippen molar-refractivity contribution >= 4 is 5.91 Å². The Morgan fingerprint density at radius 2 is 2.05 bits per heavy atom. The number of carbonyl (C=O) groups excluding carboxylic acids is 1. The fourth-order valence-corrected chi connectivity index (χ4v) is 3.33. The first kappa shape index (κ1) is 14.8. The average Bonchev–Trinajstić information content (AvgIpc) is 2.88. The second kappa shape index (κ2) is 6.68. The van der Waals surface area contributed by atoms with Gasteiger partial charge in [0.05, 0.1) is 18.6 Å². The third-order valence-corrected chi connectivity index (χ3v) is 4.41. The summed E-state index contributed by atoms with van der Waals surface area (Å²) in [7, 11) is 3.42. The Kier molecular flexibility index (Phi) is 5.19. The number of hydrogen-bond acceptors (Lipinski definition) is 4. The molecular weight excluding hydrogens is 244 g/mol. The lowest BCUT2D eigenvalue weighted by atomic mass is 9.78. The summed E-state index contributed by atoms with van der Waals surface area (Å²) in [4.78, 5) is 14.9.